The van der Waals surface area contributed by atoms with E-state index in [0.29, 0.717) is 6.04 Å². The van der Waals surface area contributed by atoms with Gasteiger partial charge in [0.1, 0.15) is 0 Å². The molecule has 0 radical (unpaired) electrons. The zero-order valence-corrected chi connectivity index (χ0v) is 13.7. The number of amides is 1. The summed E-state index contributed by atoms with van der Waals surface area (Å²) >= 11 is 0. The molecule has 118 valence electrons. The number of benzene rings is 1. The van der Waals surface area contributed by atoms with Gasteiger partial charge in [0.15, 0.2) is 0 Å². The van der Waals surface area contributed by atoms with Crippen LogP contribution in [0.2, 0.25) is 0 Å². The maximum absolute atomic E-state index is 12.3. The highest BCUT2D eigenvalue weighted by Gasteiger charge is 2.25. The van der Waals surface area contributed by atoms with Gasteiger partial charge in [-0.1, -0.05) is 31.0 Å². The fraction of sp³-hybridized carbons (Fsp3) is 0.350. The third kappa shape index (κ3) is 2.31. The number of rotatable bonds is 2. The molecule has 0 atom stereocenters. The monoisotopic (exact) mass is 306 g/mol. The van der Waals surface area contributed by atoms with Gasteiger partial charge in [-0.05, 0) is 50.5 Å². The molecule has 1 aliphatic heterocycles. The first kappa shape index (κ1) is 14.3. The number of carbonyl (C=O) groups excluding carboxylic acids is 1. The molecular formula is C20H22N2O. The summed E-state index contributed by atoms with van der Waals surface area (Å²) in [4.78, 5) is 12.3. The third-order valence-corrected chi connectivity index (χ3v) is 5.22. The molecule has 1 N–H and O–H groups in total. The summed E-state index contributed by atoms with van der Waals surface area (Å²) in [5.74, 6) is -0.00290. The Morgan fingerprint density at radius 3 is 2.70 bits per heavy atom. The van der Waals surface area contributed by atoms with E-state index in [0.717, 1.165) is 22.4 Å². The van der Waals surface area contributed by atoms with Crippen LogP contribution in [0, 0.1) is 13.8 Å². The van der Waals surface area contributed by atoms with Crippen molar-refractivity contribution in [1.29, 1.82) is 0 Å². The molecule has 1 aromatic heterocycles. The van der Waals surface area contributed by atoms with E-state index in [2.05, 4.69) is 35.9 Å². The Balaban J connectivity index is 1.77. The summed E-state index contributed by atoms with van der Waals surface area (Å²) in [6.07, 6.45) is 7.25. The molecule has 3 nitrogen and oxygen atoms in total. The zero-order valence-electron chi connectivity index (χ0n) is 13.7. The lowest BCUT2D eigenvalue weighted by molar-refractivity contribution is -0.110. The topological polar surface area (TPSA) is 34.0 Å². The van der Waals surface area contributed by atoms with E-state index in [1.165, 1.54) is 37.1 Å². The molecule has 4 rings (SSSR count). The van der Waals surface area contributed by atoms with Gasteiger partial charge in [-0.15, -0.1) is 0 Å². The van der Waals surface area contributed by atoms with E-state index >= 15 is 0 Å². The fourth-order valence-electron chi connectivity index (χ4n) is 4.11. The number of fused-ring (bicyclic) bond motifs is 1. The van der Waals surface area contributed by atoms with Crippen molar-refractivity contribution in [2.75, 3.05) is 5.32 Å². The van der Waals surface area contributed by atoms with Gasteiger partial charge in [0.05, 0.1) is 0 Å². The first-order valence-electron chi connectivity index (χ1n) is 8.46. The summed E-state index contributed by atoms with van der Waals surface area (Å²) in [6, 6.07) is 10.7. The van der Waals surface area contributed by atoms with E-state index in [4.69, 9.17) is 0 Å². The Morgan fingerprint density at radius 2 is 1.91 bits per heavy atom. The van der Waals surface area contributed by atoms with Crippen LogP contribution in [0.4, 0.5) is 5.69 Å². The molecule has 0 unspecified atom stereocenters. The second-order valence-corrected chi connectivity index (χ2v) is 6.69. The summed E-state index contributed by atoms with van der Waals surface area (Å²) in [5.41, 5.74) is 6.42. The lowest BCUT2D eigenvalue weighted by Gasteiger charge is -2.17. The molecule has 0 spiro atoms. The highest BCUT2D eigenvalue weighted by Crippen LogP contribution is 2.36. The average molecular weight is 306 g/mol. The van der Waals surface area contributed by atoms with Crippen LogP contribution in [0.15, 0.2) is 30.3 Å². The molecule has 1 aromatic carbocycles. The van der Waals surface area contributed by atoms with Crippen LogP contribution in [0.3, 0.4) is 0 Å². The predicted molar refractivity (Wildman–Crippen MR) is 94.4 cm³/mol. The first-order chi connectivity index (χ1) is 11.1. The van der Waals surface area contributed by atoms with Crippen LogP contribution in [0.5, 0.6) is 0 Å². The Labute approximate surface area is 137 Å². The number of hydrogen-bond acceptors (Lipinski definition) is 1. The van der Waals surface area contributed by atoms with Crippen molar-refractivity contribution in [2.45, 2.75) is 45.6 Å². The number of nitrogens with one attached hydrogen (secondary N) is 1. The smallest absolute Gasteiger partial charge is 0.256 e. The SMILES string of the molecule is Cc1cc(/C=C2/C(=O)Nc3ccccc32)c(C)n1C1CCCC1. The maximum atomic E-state index is 12.3. The predicted octanol–water partition coefficient (Wildman–Crippen LogP) is 4.71. The van der Waals surface area contributed by atoms with Crippen LogP contribution >= 0.6 is 0 Å². The summed E-state index contributed by atoms with van der Waals surface area (Å²) in [7, 11) is 0. The molecule has 0 bridgehead atoms. The molecule has 2 aliphatic rings. The van der Waals surface area contributed by atoms with Crippen molar-refractivity contribution in [3.63, 3.8) is 0 Å². The minimum absolute atomic E-state index is 0.00290. The second kappa shape index (κ2) is 5.41. The van der Waals surface area contributed by atoms with Gasteiger partial charge in [0, 0.05) is 34.3 Å². The Kier molecular flexibility index (Phi) is 3.37. The Morgan fingerprint density at radius 1 is 1.17 bits per heavy atom. The lowest BCUT2D eigenvalue weighted by Crippen LogP contribution is -2.08. The van der Waals surface area contributed by atoms with Crippen molar-refractivity contribution >= 4 is 23.2 Å². The third-order valence-electron chi connectivity index (χ3n) is 5.22. The molecule has 1 amide bonds. The average Bonchev–Trinajstić information content (AvgIpc) is 3.21. The maximum Gasteiger partial charge on any atom is 0.256 e. The highest BCUT2D eigenvalue weighted by molar-refractivity contribution is 6.34. The van der Waals surface area contributed by atoms with Gasteiger partial charge >= 0.3 is 0 Å². The number of aryl methyl sites for hydroxylation is 1. The van der Waals surface area contributed by atoms with Crippen LogP contribution in [-0.4, -0.2) is 10.5 Å². The lowest BCUT2D eigenvalue weighted by atomic mass is 10.0. The minimum atomic E-state index is -0.00290. The largest absolute Gasteiger partial charge is 0.346 e. The summed E-state index contributed by atoms with van der Waals surface area (Å²) in [5, 5.41) is 2.95. The van der Waals surface area contributed by atoms with E-state index in [9.17, 15) is 4.79 Å². The summed E-state index contributed by atoms with van der Waals surface area (Å²) < 4.78 is 2.47. The fourth-order valence-corrected chi connectivity index (χ4v) is 4.11. The molecule has 2 aromatic rings. The van der Waals surface area contributed by atoms with Gasteiger partial charge in [-0.3, -0.25) is 4.79 Å². The quantitative estimate of drug-likeness (QED) is 0.801. The first-order valence-corrected chi connectivity index (χ1v) is 8.46. The van der Waals surface area contributed by atoms with E-state index in [1.54, 1.807) is 0 Å². The number of para-hydroxylation sites is 1. The van der Waals surface area contributed by atoms with Gasteiger partial charge in [0.25, 0.3) is 5.91 Å². The zero-order chi connectivity index (χ0) is 16.0. The molecule has 0 saturated heterocycles. The molecule has 3 heteroatoms. The molecule has 1 fully saturated rings. The van der Waals surface area contributed by atoms with Crippen LogP contribution in [0.25, 0.3) is 11.6 Å². The van der Waals surface area contributed by atoms with Gasteiger partial charge in [-0.25, -0.2) is 0 Å². The van der Waals surface area contributed by atoms with Crippen molar-refractivity contribution in [2.24, 2.45) is 0 Å². The van der Waals surface area contributed by atoms with Crippen molar-refractivity contribution in [3.05, 3.63) is 52.8 Å². The highest BCUT2D eigenvalue weighted by atomic mass is 16.2. The number of nitrogens with zero attached hydrogens (tertiary/aromatic N) is 1. The van der Waals surface area contributed by atoms with Crippen LogP contribution < -0.4 is 5.32 Å². The van der Waals surface area contributed by atoms with Crippen molar-refractivity contribution < 1.29 is 4.79 Å². The Bertz CT molecular complexity index is 807. The van der Waals surface area contributed by atoms with Crippen LogP contribution in [-0.2, 0) is 4.79 Å². The molecular weight excluding hydrogens is 284 g/mol. The number of hydrogen-bond donors (Lipinski definition) is 1. The molecule has 1 aliphatic carbocycles. The second-order valence-electron chi connectivity index (χ2n) is 6.69. The number of carbonyl (C=O) groups is 1. The Hall–Kier alpha value is -2.29. The van der Waals surface area contributed by atoms with Gasteiger partial charge < -0.3 is 9.88 Å². The molecule has 2 heterocycles. The molecule has 1 saturated carbocycles. The van der Waals surface area contributed by atoms with Crippen molar-refractivity contribution in [3.8, 4) is 0 Å². The molecule has 23 heavy (non-hydrogen) atoms. The van der Waals surface area contributed by atoms with Crippen LogP contribution in [0.1, 0.15) is 54.2 Å². The normalized spacial score (nSPS) is 19.4. The van der Waals surface area contributed by atoms with E-state index in [1.807, 2.05) is 24.3 Å². The van der Waals surface area contributed by atoms with Gasteiger partial charge in [0.2, 0.25) is 0 Å². The number of aromatic nitrogens is 1. The minimum Gasteiger partial charge on any atom is -0.346 e. The standard InChI is InChI=1S/C20H22N2O/c1-13-11-15(14(2)22(13)16-7-3-4-8-16)12-18-17-9-5-6-10-19(17)21-20(18)23/h5-6,9-12,16H,3-4,7-8H2,1-2H3,(H,21,23)/b18-12+. The van der Waals surface area contributed by atoms with Crippen molar-refractivity contribution in [1.82, 2.24) is 4.57 Å². The van der Waals surface area contributed by atoms with E-state index < -0.39 is 0 Å². The number of anilines is 1. The van der Waals surface area contributed by atoms with Gasteiger partial charge in [-0.2, -0.15) is 0 Å². The van der Waals surface area contributed by atoms with E-state index in [-0.39, 0.29) is 5.91 Å². The summed E-state index contributed by atoms with van der Waals surface area (Å²) in [6.45, 7) is 4.35.